The van der Waals surface area contributed by atoms with Crippen LogP contribution in [0.3, 0.4) is 0 Å². The molecule has 4 rings (SSSR count). The quantitative estimate of drug-likeness (QED) is 0.577. The normalized spacial score (nSPS) is 17.1. The van der Waals surface area contributed by atoms with Gasteiger partial charge in [-0.05, 0) is 57.4 Å². The number of amides is 1. The molecule has 1 amide bonds. The number of allylic oxidation sites excluding steroid dienone is 2. The molecule has 4 nitrogen and oxygen atoms in total. The third-order valence-electron chi connectivity index (χ3n) is 4.29. The first kappa shape index (κ1) is 18.6. The number of carbonyl (C=O) groups is 1. The van der Waals surface area contributed by atoms with Gasteiger partial charge in [-0.25, -0.2) is 4.99 Å². The second-order valence-corrected chi connectivity index (χ2v) is 7.61. The Labute approximate surface area is 176 Å². The number of nitrogens with zero attached hydrogens (tertiary/aromatic N) is 3. The molecule has 0 saturated carbocycles. The summed E-state index contributed by atoms with van der Waals surface area (Å²) in [4.78, 5) is 23.4. The highest BCUT2D eigenvalue weighted by Gasteiger charge is 2.21. The lowest BCUT2D eigenvalue weighted by Crippen LogP contribution is -2.24. The molecule has 0 fully saturated rings. The molecular weight excluding hydrogens is 438 g/mol. The summed E-state index contributed by atoms with van der Waals surface area (Å²) >= 11 is 9.38. The van der Waals surface area contributed by atoms with Crippen molar-refractivity contribution in [3.8, 4) is 0 Å². The first-order valence-electron chi connectivity index (χ1n) is 8.64. The Morgan fingerprint density at radius 2 is 1.93 bits per heavy atom. The van der Waals surface area contributed by atoms with Crippen molar-refractivity contribution in [1.82, 2.24) is 4.90 Å². The molecule has 0 unspecified atom stereocenters. The summed E-state index contributed by atoms with van der Waals surface area (Å²) in [6.07, 6.45) is 8.95. The van der Waals surface area contributed by atoms with Crippen LogP contribution in [0.25, 0.3) is 6.08 Å². The number of amidine groups is 2. The molecule has 0 aliphatic carbocycles. The lowest BCUT2D eigenvalue weighted by Gasteiger charge is -2.21. The average Bonchev–Trinajstić information content (AvgIpc) is 2.84. The van der Waals surface area contributed by atoms with Gasteiger partial charge >= 0.3 is 0 Å². The molecule has 0 radical (unpaired) electrons. The summed E-state index contributed by atoms with van der Waals surface area (Å²) in [7, 11) is 0. The molecular formula is C22H15BrClN3O. The first-order valence-corrected chi connectivity index (χ1v) is 9.81. The van der Waals surface area contributed by atoms with Gasteiger partial charge in [-0.15, -0.1) is 0 Å². The van der Waals surface area contributed by atoms with Crippen LogP contribution in [0, 0.1) is 0 Å². The van der Waals surface area contributed by atoms with Crippen molar-refractivity contribution >= 4 is 51.2 Å². The van der Waals surface area contributed by atoms with E-state index in [9.17, 15) is 4.79 Å². The van der Waals surface area contributed by atoms with E-state index in [4.69, 9.17) is 11.6 Å². The predicted octanol–water partition coefficient (Wildman–Crippen LogP) is 5.35. The highest BCUT2D eigenvalue weighted by molar-refractivity contribution is 9.11. The van der Waals surface area contributed by atoms with E-state index in [1.165, 1.54) is 6.08 Å². The third kappa shape index (κ3) is 4.21. The van der Waals surface area contributed by atoms with E-state index in [-0.39, 0.29) is 5.91 Å². The highest BCUT2D eigenvalue weighted by atomic mass is 79.9. The highest BCUT2D eigenvalue weighted by Crippen LogP contribution is 2.23. The van der Waals surface area contributed by atoms with Crippen molar-refractivity contribution < 1.29 is 4.79 Å². The first-order chi connectivity index (χ1) is 13.6. The average molecular weight is 453 g/mol. The van der Waals surface area contributed by atoms with Gasteiger partial charge in [0.05, 0.1) is 0 Å². The number of hydrogen-bond acceptors (Lipinski definition) is 2. The van der Waals surface area contributed by atoms with E-state index in [0.717, 1.165) is 27.0 Å². The molecule has 138 valence electrons. The fraction of sp³-hybridized carbons (Fsp3) is 0.0455. The minimum Gasteiger partial charge on any atom is -0.327 e. The maximum absolute atomic E-state index is 12.5. The van der Waals surface area contributed by atoms with Gasteiger partial charge in [0.2, 0.25) is 0 Å². The van der Waals surface area contributed by atoms with E-state index < -0.39 is 0 Å². The standard InChI is InChI=1S/C22H15BrClN3O/c23-17-8-11-20-25-22(19-4-2-1-3-16(19)13-27(20)14-17)26-21(28)12-7-15-5-9-18(24)10-6-15/h1-12,14H,13H2. The van der Waals surface area contributed by atoms with Crippen LogP contribution in [0.5, 0.6) is 0 Å². The van der Waals surface area contributed by atoms with Crippen LogP contribution in [-0.4, -0.2) is 22.5 Å². The van der Waals surface area contributed by atoms with Gasteiger partial charge in [-0.3, -0.25) is 4.79 Å². The minimum atomic E-state index is -0.367. The third-order valence-corrected chi connectivity index (χ3v) is 5.01. The summed E-state index contributed by atoms with van der Waals surface area (Å²) in [6.45, 7) is 0.655. The molecule has 0 saturated heterocycles. The fourth-order valence-electron chi connectivity index (χ4n) is 2.93. The van der Waals surface area contributed by atoms with Crippen LogP contribution in [-0.2, 0) is 11.3 Å². The van der Waals surface area contributed by atoms with E-state index in [2.05, 4.69) is 25.9 Å². The molecule has 2 aliphatic heterocycles. The van der Waals surface area contributed by atoms with Crippen LogP contribution in [0.4, 0.5) is 0 Å². The van der Waals surface area contributed by atoms with Crippen LogP contribution in [0.2, 0.25) is 5.02 Å². The summed E-state index contributed by atoms with van der Waals surface area (Å²) in [5.74, 6) is 0.789. The summed E-state index contributed by atoms with van der Waals surface area (Å²) in [5.41, 5.74) is 2.79. The number of carbonyl (C=O) groups excluding carboxylic acids is 1. The number of benzene rings is 2. The maximum Gasteiger partial charge on any atom is 0.271 e. The molecule has 2 heterocycles. The van der Waals surface area contributed by atoms with Gasteiger partial charge in [-0.1, -0.05) is 48.0 Å². The van der Waals surface area contributed by atoms with Crippen LogP contribution in [0.1, 0.15) is 16.7 Å². The second kappa shape index (κ2) is 8.09. The Morgan fingerprint density at radius 3 is 2.75 bits per heavy atom. The topological polar surface area (TPSA) is 45.0 Å². The Morgan fingerprint density at radius 1 is 1.14 bits per heavy atom. The number of halogens is 2. The van der Waals surface area contributed by atoms with Gasteiger partial charge in [0, 0.05) is 33.9 Å². The van der Waals surface area contributed by atoms with Crippen molar-refractivity contribution in [2.24, 2.45) is 9.98 Å². The van der Waals surface area contributed by atoms with Crippen molar-refractivity contribution in [3.63, 3.8) is 0 Å². The molecule has 0 aromatic heterocycles. The lowest BCUT2D eigenvalue weighted by atomic mass is 10.1. The fourth-order valence-corrected chi connectivity index (χ4v) is 3.44. The molecule has 2 aromatic rings. The van der Waals surface area contributed by atoms with E-state index in [1.807, 2.05) is 59.7 Å². The Hall–Kier alpha value is -2.76. The summed E-state index contributed by atoms with van der Waals surface area (Å²) < 4.78 is 0.964. The predicted molar refractivity (Wildman–Crippen MR) is 118 cm³/mol. The van der Waals surface area contributed by atoms with Crippen LogP contribution in [0.15, 0.2) is 87.4 Å². The molecule has 0 atom stereocenters. The molecule has 2 aliphatic rings. The maximum atomic E-state index is 12.5. The van der Waals surface area contributed by atoms with Crippen LogP contribution < -0.4 is 0 Å². The SMILES string of the molecule is O=C(C=Cc1ccc(Cl)cc1)N=C1N=C2C=CC(Br)=CN2Cc2ccccc21. The van der Waals surface area contributed by atoms with E-state index >= 15 is 0 Å². The molecule has 6 heteroatoms. The molecule has 0 bridgehead atoms. The number of hydrogen-bond donors (Lipinski definition) is 0. The van der Waals surface area contributed by atoms with Gasteiger partial charge in [0.15, 0.2) is 5.84 Å². The summed E-state index contributed by atoms with van der Waals surface area (Å²) in [5, 5.41) is 0.653. The van der Waals surface area contributed by atoms with Crippen molar-refractivity contribution in [1.29, 1.82) is 0 Å². The number of aliphatic imine (C=N–C) groups is 2. The zero-order valence-corrected chi connectivity index (χ0v) is 17.1. The second-order valence-electron chi connectivity index (χ2n) is 6.26. The van der Waals surface area contributed by atoms with Crippen molar-refractivity contribution in [2.75, 3.05) is 0 Å². The monoisotopic (exact) mass is 451 g/mol. The number of rotatable bonds is 2. The van der Waals surface area contributed by atoms with Gasteiger partial charge in [0.25, 0.3) is 5.91 Å². The summed E-state index contributed by atoms with van der Waals surface area (Å²) in [6, 6.07) is 15.1. The van der Waals surface area contributed by atoms with Crippen molar-refractivity contribution in [3.05, 3.63) is 99.2 Å². The zero-order chi connectivity index (χ0) is 19.5. The van der Waals surface area contributed by atoms with Crippen molar-refractivity contribution in [2.45, 2.75) is 6.54 Å². The largest absolute Gasteiger partial charge is 0.327 e. The van der Waals surface area contributed by atoms with Gasteiger partial charge in [0.1, 0.15) is 5.84 Å². The zero-order valence-electron chi connectivity index (χ0n) is 14.7. The molecule has 2 aromatic carbocycles. The van der Waals surface area contributed by atoms with E-state index in [0.29, 0.717) is 17.4 Å². The van der Waals surface area contributed by atoms with E-state index in [1.54, 1.807) is 18.2 Å². The Bertz CT molecular complexity index is 1080. The molecule has 0 N–H and O–H groups in total. The molecule has 0 spiro atoms. The minimum absolute atomic E-state index is 0.367. The van der Waals surface area contributed by atoms with Crippen LogP contribution >= 0.6 is 27.5 Å². The Kier molecular flexibility index (Phi) is 5.37. The molecule has 28 heavy (non-hydrogen) atoms. The Balaban J connectivity index is 1.68. The lowest BCUT2D eigenvalue weighted by molar-refractivity contribution is -0.113. The van der Waals surface area contributed by atoms with Gasteiger partial charge < -0.3 is 4.90 Å². The smallest absolute Gasteiger partial charge is 0.271 e. The van der Waals surface area contributed by atoms with Gasteiger partial charge in [-0.2, -0.15) is 4.99 Å². The number of fused-ring (bicyclic) bond motifs is 2.